The molecule has 0 unspecified atom stereocenters. The molecule has 0 saturated carbocycles. The molecule has 144 valence electrons. The Kier molecular flexibility index (Phi) is 6.09. The molecule has 0 N–H and O–H groups in total. The van der Waals surface area contributed by atoms with Gasteiger partial charge in [0.2, 0.25) is 0 Å². The van der Waals surface area contributed by atoms with Gasteiger partial charge in [-0.2, -0.15) is 0 Å². The summed E-state index contributed by atoms with van der Waals surface area (Å²) in [6.45, 7) is 10.2. The molecule has 0 spiro atoms. The molecule has 1 aromatic carbocycles. The first-order valence-corrected chi connectivity index (χ1v) is 9.77. The van der Waals surface area contributed by atoms with Crippen LogP contribution in [0.15, 0.2) is 18.3 Å². The Labute approximate surface area is 157 Å². The number of nitrogens with zero attached hydrogens (tertiary/aromatic N) is 3. The first-order chi connectivity index (χ1) is 12.6. The van der Waals surface area contributed by atoms with Crippen molar-refractivity contribution in [1.29, 1.82) is 0 Å². The van der Waals surface area contributed by atoms with E-state index in [4.69, 9.17) is 9.47 Å². The van der Waals surface area contributed by atoms with Crippen LogP contribution < -0.4 is 9.47 Å². The summed E-state index contributed by atoms with van der Waals surface area (Å²) in [6.07, 6.45) is 4.76. The van der Waals surface area contributed by atoms with Gasteiger partial charge in [-0.05, 0) is 44.6 Å². The Morgan fingerprint density at radius 2 is 1.77 bits per heavy atom. The number of ether oxygens (including phenoxy) is 2. The van der Waals surface area contributed by atoms with Gasteiger partial charge >= 0.3 is 0 Å². The van der Waals surface area contributed by atoms with E-state index in [2.05, 4.69) is 47.5 Å². The van der Waals surface area contributed by atoms with Crippen LogP contribution in [0.2, 0.25) is 0 Å². The molecule has 0 aliphatic carbocycles. The molecule has 1 aliphatic heterocycles. The van der Waals surface area contributed by atoms with E-state index >= 15 is 0 Å². The van der Waals surface area contributed by atoms with E-state index in [1.165, 1.54) is 23.8 Å². The van der Waals surface area contributed by atoms with E-state index in [1.807, 2.05) is 6.07 Å². The molecule has 0 bridgehead atoms. The summed E-state index contributed by atoms with van der Waals surface area (Å²) in [6, 6.07) is 4.82. The highest BCUT2D eigenvalue weighted by molar-refractivity contribution is 5.91. The quantitative estimate of drug-likeness (QED) is 0.757. The van der Waals surface area contributed by atoms with Crippen molar-refractivity contribution in [2.45, 2.75) is 39.3 Å². The van der Waals surface area contributed by atoms with E-state index in [-0.39, 0.29) is 0 Å². The third kappa shape index (κ3) is 3.69. The predicted molar refractivity (Wildman–Crippen MR) is 107 cm³/mol. The Hall–Kier alpha value is -1.72. The van der Waals surface area contributed by atoms with Gasteiger partial charge in [0.25, 0.3) is 0 Å². The maximum atomic E-state index is 5.67. The van der Waals surface area contributed by atoms with Crippen molar-refractivity contribution >= 4 is 10.9 Å². The predicted octanol–water partition coefficient (Wildman–Crippen LogP) is 3.50. The summed E-state index contributed by atoms with van der Waals surface area (Å²) >= 11 is 0. The molecule has 0 radical (unpaired) electrons. The van der Waals surface area contributed by atoms with Crippen LogP contribution in [0.5, 0.6) is 11.5 Å². The number of rotatable bonds is 7. The van der Waals surface area contributed by atoms with Crippen molar-refractivity contribution in [3.05, 3.63) is 23.9 Å². The van der Waals surface area contributed by atoms with Crippen LogP contribution in [-0.2, 0) is 13.6 Å². The summed E-state index contributed by atoms with van der Waals surface area (Å²) in [5.41, 5.74) is 2.50. The summed E-state index contributed by atoms with van der Waals surface area (Å²) < 4.78 is 13.3. The van der Waals surface area contributed by atoms with Crippen molar-refractivity contribution in [3.8, 4) is 11.5 Å². The number of fused-ring (bicyclic) bond motifs is 1. The van der Waals surface area contributed by atoms with Crippen LogP contribution >= 0.6 is 0 Å². The second-order valence-corrected chi connectivity index (χ2v) is 7.22. The molecule has 1 aromatic heterocycles. The van der Waals surface area contributed by atoms with Gasteiger partial charge in [0.05, 0.1) is 19.7 Å². The van der Waals surface area contributed by atoms with Crippen LogP contribution in [0.4, 0.5) is 0 Å². The number of piperidine rings is 1. The van der Waals surface area contributed by atoms with E-state index in [0.717, 1.165) is 55.8 Å². The number of hydrogen-bond acceptors (Lipinski definition) is 4. The highest BCUT2D eigenvalue weighted by Gasteiger charge is 2.24. The highest BCUT2D eigenvalue weighted by atomic mass is 16.5. The molecule has 1 fully saturated rings. The molecule has 1 aliphatic rings. The molecule has 5 heteroatoms. The molecule has 26 heavy (non-hydrogen) atoms. The van der Waals surface area contributed by atoms with Crippen LogP contribution in [0.1, 0.15) is 32.3 Å². The van der Waals surface area contributed by atoms with E-state index in [1.54, 1.807) is 14.2 Å². The number of methoxy groups -OCH3 is 2. The first kappa shape index (κ1) is 19.1. The molecule has 1 saturated heterocycles. The van der Waals surface area contributed by atoms with Gasteiger partial charge in [-0.3, -0.25) is 4.90 Å². The Morgan fingerprint density at radius 3 is 2.35 bits per heavy atom. The number of aromatic nitrogens is 1. The van der Waals surface area contributed by atoms with Crippen molar-refractivity contribution in [1.82, 2.24) is 14.4 Å². The normalized spacial score (nSPS) is 16.5. The lowest BCUT2D eigenvalue weighted by molar-refractivity contribution is 0.113. The molecule has 5 nitrogen and oxygen atoms in total. The largest absolute Gasteiger partial charge is 0.497 e. The van der Waals surface area contributed by atoms with Gasteiger partial charge in [0, 0.05) is 43.4 Å². The van der Waals surface area contributed by atoms with Crippen molar-refractivity contribution < 1.29 is 9.47 Å². The average Bonchev–Trinajstić information content (AvgIpc) is 2.99. The van der Waals surface area contributed by atoms with Gasteiger partial charge in [-0.1, -0.05) is 13.8 Å². The highest BCUT2D eigenvalue weighted by Crippen LogP contribution is 2.35. The monoisotopic (exact) mass is 359 g/mol. The standard InChI is InChI=1S/C21H33N3O2/c1-6-24(7-2)17-8-10-23(11-9-17)15-16-14-22(3)19-12-18(25-4)13-20(26-5)21(16)19/h12-14,17H,6-11,15H2,1-5H3. The lowest BCUT2D eigenvalue weighted by Gasteiger charge is -2.37. The van der Waals surface area contributed by atoms with E-state index in [9.17, 15) is 0 Å². The number of benzene rings is 1. The molecular formula is C21H33N3O2. The van der Waals surface area contributed by atoms with Gasteiger partial charge in [-0.25, -0.2) is 0 Å². The second kappa shape index (κ2) is 8.31. The average molecular weight is 360 g/mol. The minimum Gasteiger partial charge on any atom is -0.497 e. The van der Waals surface area contributed by atoms with Gasteiger partial charge in [0.1, 0.15) is 11.5 Å². The zero-order valence-corrected chi connectivity index (χ0v) is 16.9. The molecule has 3 rings (SSSR count). The minimum absolute atomic E-state index is 0.743. The fourth-order valence-electron chi connectivity index (χ4n) is 4.37. The Balaban J connectivity index is 1.78. The SMILES string of the molecule is CCN(CC)C1CCN(Cc2cn(C)c3cc(OC)cc(OC)c23)CC1. The Bertz CT molecular complexity index is 728. The molecular weight excluding hydrogens is 326 g/mol. The fourth-order valence-corrected chi connectivity index (χ4v) is 4.37. The van der Waals surface area contributed by atoms with Crippen molar-refractivity contribution in [3.63, 3.8) is 0 Å². The van der Waals surface area contributed by atoms with Crippen LogP contribution in [0.25, 0.3) is 10.9 Å². The van der Waals surface area contributed by atoms with Crippen LogP contribution in [0.3, 0.4) is 0 Å². The Morgan fingerprint density at radius 1 is 1.08 bits per heavy atom. The number of aryl methyl sites for hydroxylation is 1. The van der Waals surface area contributed by atoms with Gasteiger partial charge < -0.3 is 18.9 Å². The fraction of sp³-hybridized carbons (Fsp3) is 0.619. The zero-order chi connectivity index (χ0) is 18.7. The maximum Gasteiger partial charge on any atom is 0.132 e. The topological polar surface area (TPSA) is 29.9 Å². The van der Waals surface area contributed by atoms with E-state index in [0.29, 0.717) is 0 Å². The number of hydrogen-bond donors (Lipinski definition) is 0. The second-order valence-electron chi connectivity index (χ2n) is 7.22. The van der Waals surface area contributed by atoms with Crippen LogP contribution in [-0.4, -0.2) is 60.8 Å². The third-order valence-electron chi connectivity index (χ3n) is 5.84. The van der Waals surface area contributed by atoms with Crippen LogP contribution in [0, 0.1) is 0 Å². The molecule has 0 atom stereocenters. The lowest BCUT2D eigenvalue weighted by Crippen LogP contribution is -2.44. The van der Waals surface area contributed by atoms with Gasteiger partial charge in [0.15, 0.2) is 0 Å². The van der Waals surface area contributed by atoms with Crippen molar-refractivity contribution in [2.75, 3.05) is 40.4 Å². The summed E-state index contributed by atoms with van der Waals surface area (Å²) in [5, 5.41) is 1.21. The molecule has 0 amide bonds. The smallest absolute Gasteiger partial charge is 0.132 e. The minimum atomic E-state index is 0.743. The molecule has 2 heterocycles. The van der Waals surface area contributed by atoms with Gasteiger partial charge in [-0.15, -0.1) is 0 Å². The summed E-state index contributed by atoms with van der Waals surface area (Å²) in [4.78, 5) is 5.18. The third-order valence-corrected chi connectivity index (χ3v) is 5.84. The molecule has 2 aromatic rings. The van der Waals surface area contributed by atoms with E-state index < -0.39 is 0 Å². The summed E-state index contributed by atoms with van der Waals surface area (Å²) in [5.74, 6) is 1.73. The lowest BCUT2D eigenvalue weighted by atomic mass is 10.0. The summed E-state index contributed by atoms with van der Waals surface area (Å²) in [7, 11) is 5.53. The zero-order valence-electron chi connectivity index (χ0n) is 16.9. The van der Waals surface area contributed by atoms with Crippen molar-refractivity contribution in [2.24, 2.45) is 7.05 Å². The maximum absolute atomic E-state index is 5.67. The number of likely N-dealkylation sites (tertiary alicyclic amines) is 1. The first-order valence-electron chi connectivity index (χ1n) is 9.77.